The third-order valence-corrected chi connectivity index (χ3v) is 3.81. The number of aromatic nitrogens is 3. The summed E-state index contributed by atoms with van der Waals surface area (Å²) < 4.78 is 2.07. The Labute approximate surface area is 128 Å². The molecule has 0 fully saturated rings. The number of hydrogen-bond donors (Lipinski definition) is 0. The molecule has 0 aliphatic rings. The highest BCUT2D eigenvalue weighted by Gasteiger charge is 2.01. The molecule has 0 saturated carbocycles. The summed E-state index contributed by atoms with van der Waals surface area (Å²) in [6.45, 7) is 0.849. The highest BCUT2D eigenvalue weighted by Crippen LogP contribution is 2.24. The van der Waals surface area contributed by atoms with Crippen LogP contribution in [0.2, 0.25) is 0 Å². The van der Waals surface area contributed by atoms with E-state index in [0.29, 0.717) is 0 Å². The molecule has 0 saturated heterocycles. The zero-order valence-electron chi connectivity index (χ0n) is 12.1. The van der Waals surface area contributed by atoms with Gasteiger partial charge in [-0.1, -0.05) is 36.4 Å². The molecule has 0 amide bonds. The van der Waals surface area contributed by atoms with E-state index in [1.165, 1.54) is 22.1 Å². The predicted octanol–water partition coefficient (Wildman–Crippen LogP) is 4.15. The monoisotopic (exact) mass is 285 g/mol. The average Bonchev–Trinajstić information content (AvgIpc) is 3.08. The third-order valence-electron chi connectivity index (χ3n) is 3.81. The van der Waals surface area contributed by atoms with Gasteiger partial charge in [0.15, 0.2) is 0 Å². The normalized spacial score (nSPS) is 10.9. The van der Waals surface area contributed by atoms with Crippen LogP contribution in [0, 0.1) is 0 Å². The number of fused-ring (bicyclic) bond motifs is 1. The molecule has 0 aliphatic carbocycles. The van der Waals surface area contributed by atoms with Gasteiger partial charge in [-0.2, -0.15) is 0 Å². The zero-order chi connectivity index (χ0) is 14.8. The van der Waals surface area contributed by atoms with Crippen molar-refractivity contribution in [3.8, 4) is 11.1 Å². The van der Waals surface area contributed by atoms with Crippen LogP contribution >= 0.6 is 0 Å². The van der Waals surface area contributed by atoms with E-state index in [0.717, 1.165) is 12.1 Å². The first-order valence-electron chi connectivity index (χ1n) is 7.28. The lowest BCUT2D eigenvalue weighted by atomic mass is 10.0. The van der Waals surface area contributed by atoms with Gasteiger partial charge in [0.05, 0.1) is 11.8 Å². The van der Waals surface area contributed by atoms with Crippen molar-refractivity contribution in [1.29, 1.82) is 0 Å². The fraction of sp³-hybridized carbons (Fsp3) is 0.0526. The number of hydrogen-bond acceptors (Lipinski definition) is 2. The first-order chi connectivity index (χ1) is 10.9. The van der Waals surface area contributed by atoms with Crippen LogP contribution in [-0.2, 0) is 6.54 Å². The lowest BCUT2D eigenvalue weighted by Gasteiger charge is -2.06. The molecule has 2 heterocycles. The SMILES string of the molecule is c1cnc2ccc(-c3ccc(Cn4ccnc4)cc3)cc2c1. The van der Waals surface area contributed by atoms with Gasteiger partial charge in [-0.05, 0) is 34.9 Å². The van der Waals surface area contributed by atoms with Crippen molar-refractivity contribution in [2.24, 2.45) is 0 Å². The second-order valence-electron chi connectivity index (χ2n) is 5.34. The minimum atomic E-state index is 0.849. The molecule has 0 N–H and O–H groups in total. The van der Waals surface area contributed by atoms with E-state index in [9.17, 15) is 0 Å². The van der Waals surface area contributed by atoms with Crippen LogP contribution < -0.4 is 0 Å². The fourth-order valence-corrected chi connectivity index (χ4v) is 2.65. The van der Waals surface area contributed by atoms with E-state index < -0.39 is 0 Å². The molecule has 3 heteroatoms. The smallest absolute Gasteiger partial charge is 0.0949 e. The lowest BCUT2D eigenvalue weighted by molar-refractivity contribution is 0.797. The van der Waals surface area contributed by atoms with Gasteiger partial charge in [-0.25, -0.2) is 4.98 Å². The maximum atomic E-state index is 4.36. The Bertz CT molecular complexity index is 894. The number of benzene rings is 2. The standard InChI is InChI=1S/C19H15N3/c1-2-18-12-17(7-8-19(18)21-9-1)16-5-3-15(4-6-16)13-22-11-10-20-14-22/h1-12,14H,13H2. The molecular weight excluding hydrogens is 270 g/mol. The van der Waals surface area contributed by atoms with Crippen molar-refractivity contribution in [3.05, 3.63) is 85.1 Å². The second kappa shape index (κ2) is 5.45. The molecule has 0 spiro atoms. The van der Waals surface area contributed by atoms with Crippen molar-refractivity contribution in [2.45, 2.75) is 6.54 Å². The summed E-state index contributed by atoms with van der Waals surface area (Å²) in [6, 6.07) is 19.1. The predicted molar refractivity (Wildman–Crippen MR) is 88.5 cm³/mol. The summed E-state index contributed by atoms with van der Waals surface area (Å²) in [5.41, 5.74) is 4.74. The van der Waals surface area contributed by atoms with Crippen LogP contribution in [0.15, 0.2) is 79.5 Å². The van der Waals surface area contributed by atoms with Gasteiger partial charge >= 0.3 is 0 Å². The molecule has 2 aromatic carbocycles. The first kappa shape index (κ1) is 12.8. The molecule has 0 radical (unpaired) electrons. The van der Waals surface area contributed by atoms with Crippen molar-refractivity contribution < 1.29 is 0 Å². The van der Waals surface area contributed by atoms with Crippen molar-refractivity contribution >= 4 is 10.9 Å². The van der Waals surface area contributed by atoms with Gasteiger partial charge in [0.25, 0.3) is 0 Å². The molecule has 106 valence electrons. The van der Waals surface area contributed by atoms with Gasteiger partial charge in [0, 0.05) is 30.5 Å². The lowest BCUT2D eigenvalue weighted by Crippen LogP contribution is -1.95. The van der Waals surface area contributed by atoms with Crippen LogP contribution in [0.1, 0.15) is 5.56 Å². The van der Waals surface area contributed by atoms with E-state index in [1.54, 1.807) is 6.20 Å². The average molecular weight is 285 g/mol. The van der Waals surface area contributed by atoms with Crippen LogP contribution in [0.4, 0.5) is 0 Å². The Kier molecular flexibility index (Phi) is 3.16. The van der Waals surface area contributed by atoms with Gasteiger partial charge in [-0.15, -0.1) is 0 Å². The Morgan fingerprint density at radius 2 is 1.73 bits per heavy atom. The maximum absolute atomic E-state index is 4.36. The van der Waals surface area contributed by atoms with E-state index >= 15 is 0 Å². The van der Waals surface area contributed by atoms with E-state index in [-0.39, 0.29) is 0 Å². The Hall–Kier alpha value is -2.94. The van der Waals surface area contributed by atoms with Crippen LogP contribution in [0.3, 0.4) is 0 Å². The minimum Gasteiger partial charge on any atom is -0.333 e. The number of nitrogens with zero attached hydrogens (tertiary/aromatic N) is 3. The van der Waals surface area contributed by atoms with E-state index in [1.807, 2.05) is 24.8 Å². The third kappa shape index (κ3) is 2.49. The number of rotatable bonds is 3. The summed E-state index contributed by atoms with van der Waals surface area (Å²) in [4.78, 5) is 8.43. The largest absolute Gasteiger partial charge is 0.333 e. The molecule has 0 unspecified atom stereocenters. The quantitative estimate of drug-likeness (QED) is 0.566. The molecule has 2 aromatic heterocycles. The van der Waals surface area contributed by atoms with Crippen molar-refractivity contribution in [2.75, 3.05) is 0 Å². The van der Waals surface area contributed by atoms with Gasteiger partial charge in [-0.3, -0.25) is 4.98 Å². The van der Waals surface area contributed by atoms with E-state index in [4.69, 9.17) is 0 Å². The molecule has 0 atom stereocenters. The molecule has 22 heavy (non-hydrogen) atoms. The van der Waals surface area contributed by atoms with E-state index in [2.05, 4.69) is 63.1 Å². The molecular formula is C19H15N3. The first-order valence-corrected chi connectivity index (χ1v) is 7.28. The van der Waals surface area contributed by atoms with Crippen molar-refractivity contribution in [1.82, 2.24) is 14.5 Å². The molecule has 4 rings (SSSR count). The van der Waals surface area contributed by atoms with Crippen LogP contribution in [-0.4, -0.2) is 14.5 Å². The summed E-state index contributed by atoms with van der Waals surface area (Å²) in [6.07, 6.45) is 7.44. The Balaban J connectivity index is 1.63. The Morgan fingerprint density at radius 3 is 2.55 bits per heavy atom. The fourth-order valence-electron chi connectivity index (χ4n) is 2.65. The molecule has 4 aromatic rings. The van der Waals surface area contributed by atoms with Crippen LogP contribution in [0.5, 0.6) is 0 Å². The molecule has 0 aliphatic heterocycles. The topological polar surface area (TPSA) is 30.7 Å². The zero-order valence-corrected chi connectivity index (χ0v) is 12.1. The molecule has 3 nitrogen and oxygen atoms in total. The summed E-state index contributed by atoms with van der Waals surface area (Å²) in [7, 11) is 0. The van der Waals surface area contributed by atoms with Gasteiger partial charge in [0.1, 0.15) is 0 Å². The minimum absolute atomic E-state index is 0.849. The van der Waals surface area contributed by atoms with Gasteiger partial charge in [0.2, 0.25) is 0 Å². The molecule has 0 bridgehead atoms. The number of imidazole rings is 1. The van der Waals surface area contributed by atoms with Crippen LogP contribution in [0.25, 0.3) is 22.0 Å². The second-order valence-corrected chi connectivity index (χ2v) is 5.34. The Morgan fingerprint density at radius 1 is 0.864 bits per heavy atom. The summed E-state index contributed by atoms with van der Waals surface area (Å²) in [5.74, 6) is 0. The number of pyridine rings is 1. The maximum Gasteiger partial charge on any atom is 0.0949 e. The highest BCUT2D eigenvalue weighted by atomic mass is 15.0. The summed E-state index contributed by atoms with van der Waals surface area (Å²) >= 11 is 0. The summed E-state index contributed by atoms with van der Waals surface area (Å²) in [5, 5.41) is 1.17. The van der Waals surface area contributed by atoms with Crippen molar-refractivity contribution in [3.63, 3.8) is 0 Å². The van der Waals surface area contributed by atoms with Gasteiger partial charge < -0.3 is 4.57 Å². The highest BCUT2D eigenvalue weighted by molar-refractivity contribution is 5.84.